The highest BCUT2D eigenvalue weighted by Crippen LogP contribution is 2.15. The predicted octanol–water partition coefficient (Wildman–Crippen LogP) is 3.58. The molecule has 100 valence electrons. The van der Waals surface area contributed by atoms with Crippen LogP contribution in [0.25, 0.3) is 0 Å². The SMILES string of the molecule is CCCCc1ccccc1Cn1cccc1C(=O)O. The molecule has 0 saturated heterocycles. The number of unbranched alkanes of at least 4 members (excludes halogenated alkanes) is 1. The maximum absolute atomic E-state index is 11.1. The maximum atomic E-state index is 11.1. The van der Waals surface area contributed by atoms with E-state index in [0.717, 1.165) is 19.3 Å². The summed E-state index contributed by atoms with van der Waals surface area (Å²) in [5, 5.41) is 9.12. The minimum absolute atomic E-state index is 0.338. The molecule has 0 aliphatic rings. The lowest BCUT2D eigenvalue weighted by atomic mass is 10.0. The molecule has 3 nitrogen and oxygen atoms in total. The quantitative estimate of drug-likeness (QED) is 0.859. The topological polar surface area (TPSA) is 42.2 Å². The average Bonchev–Trinajstić information content (AvgIpc) is 2.86. The molecule has 2 rings (SSSR count). The number of hydrogen-bond acceptors (Lipinski definition) is 1. The second-order valence-corrected chi connectivity index (χ2v) is 4.70. The molecular formula is C16H19NO2. The standard InChI is InChI=1S/C16H19NO2/c1-2-3-7-13-8-4-5-9-14(13)12-17-11-6-10-15(17)16(18)19/h4-6,8-11H,2-3,7,12H2,1H3,(H,18,19). The van der Waals surface area contributed by atoms with Crippen LogP contribution in [0.3, 0.4) is 0 Å². The number of aromatic nitrogens is 1. The van der Waals surface area contributed by atoms with Crippen LogP contribution in [0.15, 0.2) is 42.6 Å². The third kappa shape index (κ3) is 3.25. The lowest BCUT2D eigenvalue weighted by molar-refractivity contribution is 0.0685. The summed E-state index contributed by atoms with van der Waals surface area (Å²) >= 11 is 0. The molecule has 2 aromatic rings. The first kappa shape index (κ1) is 13.4. The smallest absolute Gasteiger partial charge is 0.352 e. The number of carbonyl (C=O) groups is 1. The van der Waals surface area contributed by atoms with Gasteiger partial charge >= 0.3 is 5.97 Å². The third-order valence-electron chi connectivity index (χ3n) is 3.31. The maximum Gasteiger partial charge on any atom is 0.352 e. The van der Waals surface area contributed by atoms with Gasteiger partial charge in [0.25, 0.3) is 0 Å². The van der Waals surface area contributed by atoms with Crippen molar-refractivity contribution in [3.63, 3.8) is 0 Å². The molecule has 0 amide bonds. The van der Waals surface area contributed by atoms with Crippen molar-refractivity contribution < 1.29 is 9.90 Å². The summed E-state index contributed by atoms with van der Waals surface area (Å²) in [6.07, 6.45) is 5.20. The molecule has 3 heteroatoms. The van der Waals surface area contributed by atoms with Crippen LogP contribution < -0.4 is 0 Å². The van der Waals surface area contributed by atoms with E-state index in [1.165, 1.54) is 11.1 Å². The average molecular weight is 257 g/mol. The summed E-state index contributed by atoms with van der Waals surface area (Å²) in [6, 6.07) is 11.7. The number of hydrogen-bond donors (Lipinski definition) is 1. The molecule has 1 aromatic heterocycles. The Morgan fingerprint density at radius 1 is 1.16 bits per heavy atom. The molecule has 0 atom stereocenters. The Morgan fingerprint density at radius 2 is 1.89 bits per heavy atom. The van der Waals surface area contributed by atoms with Crippen LogP contribution in [-0.4, -0.2) is 15.6 Å². The fourth-order valence-electron chi connectivity index (χ4n) is 2.25. The highest BCUT2D eigenvalue weighted by Gasteiger charge is 2.10. The van der Waals surface area contributed by atoms with E-state index in [4.69, 9.17) is 5.11 Å². The number of rotatable bonds is 6. The van der Waals surface area contributed by atoms with E-state index in [2.05, 4.69) is 19.1 Å². The highest BCUT2D eigenvalue weighted by atomic mass is 16.4. The molecule has 0 aliphatic heterocycles. The summed E-state index contributed by atoms with van der Waals surface area (Å²) in [5.74, 6) is -0.879. The summed E-state index contributed by atoms with van der Waals surface area (Å²) in [7, 11) is 0. The summed E-state index contributed by atoms with van der Waals surface area (Å²) in [4.78, 5) is 11.1. The van der Waals surface area contributed by atoms with Crippen LogP contribution in [0.2, 0.25) is 0 Å². The number of aromatic carboxylic acids is 1. The minimum Gasteiger partial charge on any atom is -0.477 e. The van der Waals surface area contributed by atoms with E-state index in [1.54, 1.807) is 16.7 Å². The zero-order valence-electron chi connectivity index (χ0n) is 11.2. The van der Waals surface area contributed by atoms with Crippen molar-refractivity contribution in [1.29, 1.82) is 0 Å². The number of carboxylic acids is 1. The fourth-order valence-corrected chi connectivity index (χ4v) is 2.25. The van der Waals surface area contributed by atoms with E-state index < -0.39 is 5.97 Å². The van der Waals surface area contributed by atoms with Crippen molar-refractivity contribution >= 4 is 5.97 Å². The van der Waals surface area contributed by atoms with E-state index in [0.29, 0.717) is 12.2 Å². The molecule has 1 N–H and O–H groups in total. The van der Waals surface area contributed by atoms with Crippen molar-refractivity contribution in [3.8, 4) is 0 Å². The van der Waals surface area contributed by atoms with Gasteiger partial charge in [-0.2, -0.15) is 0 Å². The van der Waals surface area contributed by atoms with Crippen molar-refractivity contribution in [2.45, 2.75) is 32.7 Å². The first-order chi connectivity index (χ1) is 9.22. The lowest BCUT2D eigenvalue weighted by Crippen LogP contribution is -2.09. The van der Waals surface area contributed by atoms with Crippen LogP contribution in [0, 0.1) is 0 Å². The number of aryl methyl sites for hydroxylation is 1. The molecule has 0 fully saturated rings. The second-order valence-electron chi connectivity index (χ2n) is 4.70. The van der Waals surface area contributed by atoms with Crippen molar-refractivity contribution in [1.82, 2.24) is 4.57 Å². The van der Waals surface area contributed by atoms with E-state index in [-0.39, 0.29) is 0 Å². The van der Waals surface area contributed by atoms with Gasteiger partial charge in [-0.1, -0.05) is 37.6 Å². The third-order valence-corrected chi connectivity index (χ3v) is 3.31. The zero-order valence-corrected chi connectivity index (χ0v) is 11.2. The first-order valence-electron chi connectivity index (χ1n) is 6.67. The molecule has 0 saturated carbocycles. The Bertz CT molecular complexity index is 557. The van der Waals surface area contributed by atoms with Crippen molar-refractivity contribution in [2.75, 3.05) is 0 Å². The van der Waals surface area contributed by atoms with Gasteiger partial charge in [-0.15, -0.1) is 0 Å². The van der Waals surface area contributed by atoms with Crippen molar-refractivity contribution in [2.24, 2.45) is 0 Å². The number of carboxylic acid groups (broad SMARTS) is 1. The molecule has 0 radical (unpaired) electrons. The van der Waals surface area contributed by atoms with Crippen LogP contribution in [0.4, 0.5) is 0 Å². The van der Waals surface area contributed by atoms with Crippen LogP contribution >= 0.6 is 0 Å². The molecular weight excluding hydrogens is 238 g/mol. The monoisotopic (exact) mass is 257 g/mol. The first-order valence-corrected chi connectivity index (χ1v) is 6.67. The molecule has 0 spiro atoms. The Morgan fingerprint density at radius 3 is 2.58 bits per heavy atom. The van der Waals surface area contributed by atoms with Crippen LogP contribution in [0.1, 0.15) is 41.4 Å². The Kier molecular flexibility index (Phi) is 4.39. The highest BCUT2D eigenvalue weighted by molar-refractivity contribution is 5.85. The van der Waals surface area contributed by atoms with Gasteiger partial charge in [0.2, 0.25) is 0 Å². The van der Waals surface area contributed by atoms with E-state index in [9.17, 15) is 4.79 Å². The second kappa shape index (κ2) is 6.23. The lowest BCUT2D eigenvalue weighted by Gasteiger charge is -2.11. The summed E-state index contributed by atoms with van der Waals surface area (Å²) in [5.41, 5.74) is 2.86. The van der Waals surface area contributed by atoms with Crippen molar-refractivity contribution in [3.05, 3.63) is 59.4 Å². The Balaban J connectivity index is 2.23. The largest absolute Gasteiger partial charge is 0.477 e. The van der Waals surface area contributed by atoms with E-state index >= 15 is 0 Å². The van der Waals surface area contributed by atoms with Gasteiger partial charge < -0.3 is 9.67 Å². The Labute approximate surface area is 113 Å². The molecule has 0 aliphatic carbocycles. The van der Waals surface area contributed by atoms with Gasteiger partial charge in [0.15, 0.2) is 0 Å². The molecule has 19 heavy (non-hydrogen) atoms. The predicted molar refractivity (Wildman–Crippen MR) is 75.5 cm³/mol. The van der Waals surface area contributed by atoms with Gasteiger partial charge in [0.1, 0.15) is 5.69 Å². The minimum atomic E-state index is -0.879. The normalized spacial score (nSPS) is 10.6. The number of nitrogens with zero attached hydrogens (tertiary/aromatic N) is 1. The molecule has 0 bridgehead atoms. The molecule has 0 unspecified atom stereocenters. The van der Waals surface area contributed by atoms with E-state index in [1.807, 2.05) is 18.3 Å². The van der Waals surface area contributed by atoms with Gasteiger partial charge in [-0.25, -0.2) is 4.79 Å². The zero-order chi connectivity index (χ0) is 13.7. The van der Waals surface area contributed by atoms with Crippen LogP contribution in [0.5, 0.6) is 0 Å². The van der Waals surface area contributed by atoms with Gasteiger partial charge in [0.05, 0.1) is 0 Å². The Hall–Kier alpha value is -2.03. The summed E-state index contributed by atoms with van der Waals surface area (Å²) < 4.78 is 1.78. The fraction of sp³-hybridized carbons (Fsp3) is 0.312. The van der Waals surface area contributed by atoms with Crippen LogP contribution in [-0.2, 0) is 13.0 Å². The van der Waals surface area contributed by atoms with Gasteiger partial charge in [-0.3, -0.25) is 0 Å². The molecule has 1 aromatic carbocycles. The molecule has 1 heterocycles. The number of benzene rings is 1. The van der Waals surface area contributed by atoms with Gasteiger partial charge in [0, 0.05) is 12.7 Å². The summed E-state index contributed by atoms with van der Waals surface area (Å²) in [6.45, 7) is 2.80. The van der Waals surface area contributed by atoms with Gasteiger partial charge in [-0.05, 0) is 36.1 Å².